The Morgan fingerprint density at radius 2 is 1.89 bits per heavy atom. The predicted octanol–water partition coefficient (Wildman–Crippen LogP) is 3.81. The number of nitrogens with zero attached hydrogens (tertiary/aromatic N) is 1. The van der Waals surface area contributed by atoms with E-state index in [-0.39, 0.29) is 0 Å². The minimum atomic E-state index is 0.819. The van der Waals surface area contributed by atoms with Crippen molar-refractivity contribution in [1.82, 2.24) is 10.2 Å². The number of rotatable bonds is 7. The van der Waals surface area contributed by atoms with E-state index in [9.17, 15) is 0 Å². The van der Waals surface area contributed by atoms with Crippen molar-refractivity contribution in [3.63, 3.8) is 0 Å². The fraction of sp³-hybridized carbons (Fsp3) is 1.00. The quantitative estimate of drug-likeness (QED) is 0.754. The topological polar surface area (TPSA) is 15.3 Å². The Kier molecular flexibility index (Phi) is 6.66. The number of likely N-dealkylation sites (tertiary alicyclic amines) is 1. The van der Waals surface area contributed by atoms with Crippen molar-refractivity contribution in [2.75, 3.05) is 19.6 Å². The lowest BCUT2D eigenvalue weighted by Crippen LogP contribution is -2.41. The van der Waals surface area contributed by atoms with Gasteiger partial charge in [0.1, 0.15) is 0 Å². The molecular weight excluding hydrogens is 232 g/mol. The van der Waals surface area contributed by atoms with Gasteiger partial charge >= 0.3 is 0 Å². The summed E-state index contributed by atoms with van der Waals surface area (Å²) in [7, 11) is 0. The van der Waals surface area contributed by atoms with E-state index in [1.807, 2.05) is 0 Å². The molecule has 2 nitrogen and oxygen atoms in total. The van der Waals surface area contributed by atoms with E-state index < -0.39 is 0 Å². The van der Waals surface area contributed by atoms with Crippen LogP contribution in [0.2, 0.25) is 0 Å². The summed E-state index contributed by atoms with van der Waals surface area (Å²) in [6.45, 7) is 8.45. The van der Waals surface area contributed by atoms with Gasteiger partial charge in [-0.1, -0.05) is 33.1 Å². The summed E-state index contributed by atoms with van der Waals surface area (Å²) < 4.78 is 0. The first-order chi connectivity index (χ1) is 9.35. The molecule has 1 aliphatic heterocycles. The van der Waals surface area contributed by atoms with Crippen LogP contribution in [0.15, 0.2) is 0 Å². The highest BCUT2D eigenvalue weighted by atomic mass is 15.2. The highest BCUT2D eigenvalue weighted by Crippen LogP contribution is 2.30. The van der Waals surface area contributed by atoms with Gasteiger partial charge in [-0.25, -0.2) is 0 Å². The summed E-state index contributed by atoms with van der Waals surface area (Å²) in [5, 5.41) is 3.70. The SMILES string of the molecule is CCCC1CCCCN1CCC1CCCC1NCC. The van der Waals surface area contributed by atoms with E-state index in [1.165, 1.54) is 70.9 Å². The Morgan fingerprint density at radius 3 is 2.68 bits per heavy atom. The highest BCUT2D eigenvalue weighted by Gasteiger charge is 2.28. The molecule has 0 aromatic heterocycles. The average molecular weight is 266 g/mol. The van der Waals surface area contributed by atoms with Crippen LogP contribution in [0.3, 0.4) is 0 Å². The molecule has 2 heteroatoms. The zero-order chi connectivity index (χ0) is 13.5. The molecule has 0 radical (unpaired) electrons. The Morgan fingerprint density at radius 1 is 1.00 bits per heavy atom. The zero-order valence-corrected chi connectivity index (χ0v) is 13.2. The molecule has 0 aromatic carbocycles. The first kappa shape index (κ1) is 15.3. The molecule has 1 N–H and O–H groups in total. The third-order valence-corrected chi connectivity index (χ3v) is 5.28. The number of hydrogen-bond acceptors (Lipinski definition) is 2. The van der Waals surface area contributed by atoms with E-state index in [0.717, 1.165) is 24.5 Å². The van der Waals surface area contributed by atoms with Crippen molar-refractivity contribution < 1.29 is 0 Å². The molecule has 0 bridgehead atoms. The second-order valence-corrected chi connectivity index (χ2v) is 6.62. The van der Waals surface area contributed by atoms with Crippen LogP contribution >= 0.6 is 0 Å². The molecule has 0 aromatic rings. The van der Waals surface area contributed by atoms with Crippen molar-refractivity contribution in [2.24, 2.45) is 5.92 Å². The molecule has 2 fully saturated rings. The molecule has 112 valence electrons. The van der Waals surface area contributed by atoms with Crippen LogP contribution in [0.25, 0.3) is 0 Å². The maximum atomic E-state index is 3.70. The Labute approximate surface area is 120 Å². The second kappa shape index (κ2) is 8.26. The Hall–Kier alpha value is -0.0800. The molecule has 0 amide bonds. The van der Waals surface area contributed by atoms with Gasteiger partial charge in [-0.15, -0.1) is 0 Å². The lowest BCUT2D eigenvalue weighted by Gasteiger charge is -2.36. The van der Waals surface area contributed by atoms with Gasteiger partial charge in [0, 0.05) is 12.1 Å². The van der Waals surface area contributed by atoms with Crippen LogP contribution in [0.5, 0.6) is 0 Å². The van der Waals surface area contributed by atoms with Gasteiger partial charge in [-0.05, 0) is 64.1 Å². The van der Waals surface area contributed by atoms with E-state index >= 15 is 0 Å². The van der Waals surface area contributed by atoms with Gasteiger partial charge in [-0.2, -0.15) is 0 Å². The van der Waals surface area contributed by atoms with E-state index in [0.29, 0.717) is 0 Å². The second-order valence-electron chi connectivity index (χ2n) is 6.62. The fourth-order valence-corrected chi connectivity index (χ4v) is 4.26. The minimum absolute atomic E-state index is 0.819. The smallest absolute Gasteiger partial charge is 0.00956 e. The molecule has 0 spiro atoms. The fourth-order valence-electron chi connectivity index (χ4n) is 4.26. The van der Waals surface area contributed by atoms with E-state index in [4.69, 9.17) is 0 Å². The van der Waals surface area contributed by atoms with Gasteiger partial charge in [0.25, 0.3) is 0 Å². The van der Waals surface area contributed by atoms with Gasteiger partial charge in [-0.3, -0.25) is 0 Å². The van der Waals surface area contributed by atoms with Crippen LogP contribution < -0.4 is 5.32 Å². The van der Waals surface area contributed by atoms with Crippen LogP contribution in [-0.4, -0.2) is 36.6 Å². The van der Waals surface area contributed by atoms with Gasteiger partial charge in [0.05, 0.1) is 0 Å². The lowest BCUT2D eigenvalue weighted by atomic mass is 9.95. The minimum Gasteiger partial charge on any atom is -0.314 e. The summed E-state index contributed by atoms with van der Waals surface area (Å²) in [6, 6.07) is 1.72. The van der Waals surface area contributed by atoms with Crippen LogP contribution in [0.1, 0.15) is 71.6 Å². The third kappa shape index (κ3) is 4.46. The molecule has 19 heavy (non-hydrogen) atoms. The van der Waals surface area contributed by atoms with Crippen LogP contribution in [-0.2, 0) is 0 Å². The molecule has 1 saturated carbocycles. The number of hydrogen-bond donors (Lipinski definition) is 1. The van der Waals surface area contributed by atoms with Crippen molar-refractivity contribution in [3.8, 4) is 0 Å². The third-order valence-electron chi connectivity index (χ3n) is 5.28. The summed E-state index contributed by atoms with van der Waals surface area (Å²) in [6.07, 6.45) is 12.9. The van der Waals surface area contributed by atoms with Crippen molar-refractivity contribution in [2.45, 2.75) is 83.7 Å². The van der Waals surface area contributed by atoms with E-state index in [2.05, 4.69) is 24.1 Å². The molecule has 3 atom stereocenters. The van der Waals surface area contributed by atoms with Crippen LogP contribution in [0.4, 0.5) is 0 Å². The molecular formula is C17H34N2. The summed E-state index contributed by atoms with van der Waals surface area (Å²) in [5.74, 6) is 0.948. The summed E-state index contributed by atoms with van der Waals surface area (Å²) in [4.78, 5) is 2.81. The molecule has 2 rings (SSSR count). The highest BCUT2D eigenvalue weighted by molar-refractivity contribution is 4.85. The molecule has 1 heterocycles. The first-order valence-corrected chi connectivity index (χ1v) is 8.82. The number of nitrogens with one attached hydrogen (secondary N) is 1. The Balaban J connectivity index is 1.76. The van der Waals surface area contributed by atoms with Gasteiger partial charge in [0.2, 0.25) is 0 Å². The normalized spacial score (nSPS) is 32.8. The summed E-state index contributed by atoms with van der Waals surface area (Å²) in [5.41, 5.74) is 0. The average Bonchev–Trinajstić information content (AvgIpc) is 2.86. The maximum Gasteiger partial charge on any atom is 0.00956 e. The van der Waals surface area contributed by atoms with Crippen LogP contribution in [0, 0.1) is 5.92 Å². The molecule has 3 unspecified atom stereocenters. The first-order valence-electron chi connectivity index (χ1n) is 8.82. The van der Waals surface area contributed by atoms with Gasteiger partial charge < -0.3 is 10.2 Å². The van der Waals surface area contributed by atoms with Crippen molar-refractivity contribution >= 4 is 0 Å². The number of piperidine rings is 1. The predicted molar refractivity (Wildman–Crippen MR) is 83.5 cm³/mol. The van der Waals surface area contributed by atoms with E-state index in [1.54, 1.807) is 0 Å². The Bertz CT molecular complexity index is 239. The lowest BCUT2D eigenvalue weighted by molar-refractivity contribution is 0.128. The van der Waals surface area contributed by atoms with Crippen molar-refractivity contribution in [1.29, 1.82) is 0 Å². The zero-order valence-electron chi connectivity index (χ0n) is 13.2. The molecule has 2 aliphatic rings. The molecule has 1 saturated heterocycles. The van der Waals surface area contributed by atoms with Crippen molar-refractivity contribution in [3.05, 3.63) is 0 Å². The van der Waals surface area contributed by atoms with Gasteiger partial charge in [0.15, 0.2) is 0 Å². The largest absolute Gasteiger partial charge is 0.314 e. The summed E-state index contributed by atoms with van der Waals surface area (Å²) >= 11 is 0. The monoisotopic (exact) mass is 266 g/mol. The standard InChI is InChI=1S/C17H34N2/c1-3-8-16-10-5-6-13-19(16)14-12-15-9-7-11-17(15)18-4-2/h15-18H,3-14H2,1-2H3. The maximum absolute atomic E-state index is 3.70. The molecule has 1 aliphatic carbocycles.